The van der Waals surface area contributed by atoms with E-state index in [-0.39, 0.29) is 6.10 Å². The second-order valence-corrected chi connectivity index (χ2v) is 6.51. The molecule has 1 atom stereocenters. The number of rotatable bonds is 5. The van der Waals surface area contributed by atoms with Crippen LogP contribution < -0.4 is 0 Å². The highest BCUT2D eigenvalue weighted by molar-refractivity contribution is 9.11. The van der Waals surface area contributed by atoms with E-state index in [9.17, 15) is 5.11 Å². The highest BCUT2D eigenvalue weighted by Crippen LogP contribution is 2.23. The van der Waals surface area contributed by atoms with Crippen LogP contribution in [0.5, 0.6) is 0 Å². The van der Waals surface area contributed by atoms with Crippen molar-refractivity contribution in [2.24, 2.45) is 0 Å². The van der Waals surface area contributed by atoms with Crippen LogP contribution in [0.15, 0.2) is 40.4 Å². The molecule has 0 aliphatic carbocycles. The van der Waals surface area contributed by atoms with Gasteiger partial charge in [0.25, 0.3) is 0 Å². The van der Waals surface area contributed by atoms with Crippen LogP contribution in [-0.2, 0) is 12.8 Å². The largest absolute Gasteiger partial charge is 0.393 e. The average Bonchev–Trinajstić information content (AvgIpc) is 2.73. The maximum absolute atomic E-state index is 9.95. The number of hydrogen-bond donors (Lipinski definition) is 1. The first-order valence-corrected chi connectivity index (χ1v) is 7.16. The van der Waals surface area contributed by atoms with Gasteiger partial charge in [0.05, 0.1) is 9.89 Å². The molecule has 2 aromatic heterocycles. The van der Waals surface area contributed by atoms with Gasteiger partial charge in [0.1, 0.15) is 0 Å². The Balaban J connectivity index is 1.80. The van der Waals surface area contributed by atoms with E-state index in [0.717, 1.165) is 23.0 Å². The molecule has 0 spiro atoms. The van der Waals surface area contributed by atoms with Crippen molar-refractivity contribution in [3.05, 3.63) is 50.9 Å². The van der Waals surface area contributed by atoms with Gasteiger partial charge < -0.3 is 5.11 Å². The van der Waals surface area contributed by atoms with Gasteiger partial charge in [-0.2, -0.15) is 0 Å². The van der Waals surface area contributed by atoms with E-state index in [1.807, 2.05) is 18.2 Å². The molecule has 0 saturated carbocycles. The first-order chi connectivity index (χ1) is 8.24. The smallest absolute Gasteiger partial charge is 0.0701 e. The third kappa shape index (κ3) is 4.22. The van der Waals surface area contributed by atoms with Gasteiger partial charge in [0.15, 0.2) is 0 Å². The topological polar surface area (TPSA) is 33.1 Å². The summed E-state index contributed by atoms with van der Waals surface area (Å²) < 4.78 is 1.12. The number of nitrogens with zero attached hydrogens (tertiary/aromatic N) is 1. The lowest BCUT2D eigenvalue weighted by atomic mass is 10.1. The summed E-state index contributed by atoms with van der Waals surface area (Å²) in [5.74, 6) is 0. The summed E-state index contributed by atoms with van der Waals surface area (Å²) in [6.07, 6.45) is 5.74. The Kier molecular flexibility index (Phi) is 4.71. The maximum Gasteiger partial charge on any atom is 0.0701 e. The summed E-state index contributed by atoms with van der Waals surface area (Å²) in [5, 5.41) is 9.95. The van der Waals surface area contributed by atoms with E-state index in [4.69, 9.17) is 0 Å². The van der Waals surface area contributed by atoms with Gasteiger partial charge >= 0.3 is 0 Å². The standard InChI is InChI=1S/C13H14BrNOS/c14-13-4-3-12(17-13)9-11(16)2-1-10-5-7-15-8-6-10/h3-8,11,16H,1-2,9H2. The van der Waals surface area contributed by atoms with Gasteiger partial charge in [-0.3, -0.25) is 4.98 Å². The van der Waals surface area contributed by atoms with Crippen molar-refractivity contribution < 1.29 is 5.11 Å². The van der Waals surface area contributed by atoms with Crippen molar-refractivity contribution in [2.75, 3.05) is 0 Å². The Morgan fingerprint density at radius 1 is 1.24 bits per heavy atom. The molecule has 0 aliphatic rings. The fraction of sp³-hybridized carbons (Fsp3) is 0.308. The highest BCUT2D eigenvalue weighted by atomic mass is 79.9. The Morgan fingerprint density at radius 2 is 2.00 bits per heavy atom. The van der Waals surface area contributed by atoms with Crippen LogP contribution in [0.2, 0.25) is 0 Å². The zero-order chi connectivity index (χ0) is 12.1. The van der Waals surface area contributed by atoms with Crippen LogP contribution in [0.4, 0.5) is 0 Å². The van der Waals surface area contributed by atoms with E-state index < -0.39 is 0 Å². The van der Waals surface area contributed by atoms with Crippen LogP contribution in [0.1, 0.15) is 16.9 Å². The monoisotopic (exact) mass is 311 g/mol. The Bertz CT molecular complexity index is 457. The van der Waals surface area contributed by atoms with Crippen LogP contribution in [0.25, 0.3) is 0 Å². The number of pyridine rings is 1. The molecule has 0 fully saturated rings. The highest BCUT2D eigenvalue weighted by Gasteiger charge is 2.07. The van der Waals surface area contributed by atoms with Crippen LogP contribution in [-0.4, -0.2) is 16.2 Å². The molecule has 2 rings (SSSR count). The van der Waals surface area contributed by atoms with E-state index in [1.54, 1.807) is 23.7 Å². The second kappa shape index (κ2) is 6.28. The Hall–Kier alpha value is -0.710. The lowest BCUT2D eigenvalue weighted by Crippen LogP contribution is -2.10. The third-order valence-corrected chi connectivity index (χ3v) is 4.23. The molecule has 4 heteroatoms. The summed E-state index contributed by atoms with van der Waals surface area (Å²) in [4.78, 5) is 5.20. The molecule has 17 heavy (non-hydrogen) atoms. The summed E-state index contributed by atoms with van der Waals surface area (Å²) in [6.45, 7) is 0. The molecule has 90 valence electrons. The molecule has 2 heterocycles. The van der Waals surface area contributed by atoms with Gasteiger partial charge in [-0.15, -0.1) is 11.3 Å². The summed E-state index contributed by atoms with van der Waals surface area (Å²) in [6, 6.07) is 8.07. The molecular formula is C13H14BrNOS. The molecule has 1 N–H and O–H groups in total. The molecule has 0 saturated heterocycles. The van der Waals surface area contributed by atoms with Crippen LogP contribution in [0, 0.1) is 0 Å². The van der Waals surface area contributed by atoms with Gasteiger partial charge in [0, 0.05) is 23.7 Å². The minimum atomic E-state index is -0.270. The SMILES string of the molecule is OC(CCc1ccncc1)Cc1ccc(Br)s1. The van der Waals surface area contributed by atoms with Crippen molar-refractivity contribution in [2.45, 2.75) is 25.4 Å². The first kappa shape index (κ1) is 12.7. The summed E-state index contributed by atoms with van der Waals surface area (Å²) in [5.41, 5.74) is 1.23. The number of aliphatic hydroxyl groups excluding tert-OH is 1. The Labute approximate surface area is 113 Å². The minimum absolute atomic E-state index is 0.270. The lowest BCUT2D eigenvalue weighted by Gasteiger charge is -2.08. The molecule has 0 aromatic carbocycles. The molecule has 1 unspecified atom stereocenters. The molecule has 0 amide bonds. The molecule has 2 aromatic rings. The zero-order valence-corrected chi connectivity index (χ0v) is 11.7. The Morgan fingerprint density at radius 3 is 2.65 bits per heavy atom. The number of aliphatic hydroxyl groups is 1. The van der Waals surface area contributed by atoms with Crippen molar-refractivity contribution in [3.63, 3.8) is 0 Å². The molecule has 2 nitrogen and oxygen atoms in total. The summed E-state index contributed by atoms with van der Waals surface area (Å²) in [7, 11) is 0. The normalized spacial score (nSPS) is 12.6. The first-order valence-electron chi connectivity index (χ1n) is 5.55. The van der Waals surface area contributed by atoms with Crippen LogP contribution in [0.3, 0.4) is 0 Å². The molecule has 0 bridgehead atoms. The predicted octanol–water partition coefficient (Wildman–Crippen LogP) is 3.44. The third-order valence-electron chi connectivity index (χ3n) is 2.58. The minimum Gasteiger partial charge on any atom is -0.393 e. The van der Waals surface area contributed by atoms with Gasteiger partial charge in [-0.05, 0) is 58.6 Å². The maximum atomic E-state index is 9.95. The zero-order valence-electron chi connectivity index (χ0n) is 9.34. The second-order valence-electron chi connectivity index (χ2n) is 3.96. The van der Waals surface area contributed by atoms with E-state index >= 15 is 0 Å². The quantitative estimate of drug-likeness (QED) is 0.917. The van der Waals surface area contributed by atoms with Crippen molar-refractivity contribution in [3.8, 4) is 0 Å². The van der Waals surface area contributed by atoms with Gasteiger partial charge in [-0.25, -0.2) is 0 Å². The fourth-order valence-corrected chi connectivity index (χ4v) is 3.23. The van der Waals surface area contributed by atoms with E-state index in [1.165, 1.54) is 10.4 Å². The lowest BCUT2D eigenvalue weighted by molar-refractivity contribution is 0.166. The van der Waals surface area contributed by atoms with E-state index in [0.29, 0.717) is 0 Å². The number of aromatic nitrogens is 1. The number of thiophene rings is 1. The van der Waals surface area contributed by atoms with Gasteiger partial charge in [-0.1, -0.05) is 0 Å². The molecule has 0 radical (unpaired) electrons. The average molecular weight is 312 g/mol. The van der Waals surface area contributed by atoms with E-state index in [2.05, 4.69) is 27.0 Å². The van der Waals surface area contributed by atoms with Crippen LogP contribution >= 0.6 is 27.3 Å². The molecular weight excluding hydrogens is 298 g/mol. The molecule has 0 aliphatic heterocycles. The number of hydrogen-bond acceptors (Lipinski definition) is 3. The fourth-order valence-electron chi connectivity index (χ4n) is 1.68. The van der Waals surface area contributed by atoms with Crippen molar-refractivity contribution in [1.29, 1.82) is 0 Å². The van der Waals surface area contributed by atoms with Crippen molar-refractivity contribution in [1.82, 2.24) is 4.98 Å². The summed E-state index contributed by atoms with van der Waals surface area (Å²) >= 11 is 5.11. The predicted molar refractivity (Wildman–Crippen MR) is 74.3 cm³/mol. The van der Waals surface area contributed by atoms with Crippen molar-refractivity contribution >= 4 is 27.3 Å². The number of aryl methyl sites for hydroxylation is 1. The van der Waals surface area contributed by atoms with Gasteiger partial charge in [0.2, 0.25) is 0 Å². The number of halogens is 1.